The largest absolute Gasteiger partial charge is 0.390 e. The maximum absolute atomic E-state index is 9.25. The van der Waals surface area contributed by atoms with E-state index in [-0.39, 0.29) is 12.1 Å². The lowest BCUT2D eigenvalue weighted by atomic mass is 10.0. The highest BCUT2D eigenvalue weighted by atomic mass is 16.5. The molecule has 0 aromatic rings. The first-order valence-electron chi connectivity index (χ1n) is 3.49. The lowest BCUT2D eigenvalue weighted by molar-refractivity contribution is -0.0760. The molecule has 0 aliphatic carbocycles. The quantitative estimate of drug-likeness (QED) is 0.417. The normalized spacial score (nSPS) is 41.7. The molecule has 3 atom stereocenters. The smallest absolute Gasteiger partial charge is 0.0957 e. The van der Waals surface area contributed by atoms with Crippen LogP contribution in [0.5, 0.6) is 0 Å². The van der Waals surface area contributed by atoms with Gasteiger partial charge in [0.2, 0.25) is 0 Å². The van der Waals surface area contributed by atoms with Gasteiger partial charge in [-0.25, -0.2) is 0 Å². The van der Waals surface area contributed by atoms with Crippen molar-refractivity contribution < 1.29 is 9.84 Å². The van der Waals surface area contributed by atoms with Gasteiger partial charge in [-0.05, 0) is 6.42 Å². The number of aliphatic hydroxyl groups excluding tert-OH is 1. The molecule has 5 N–H and O–H groups in total. The highest BCUT2D eigenvalue weighted by Gasteiger charge is 2.26. The first-order chi connectivity index (χ1) is 4.74. The van der Waals surface area contributed by atoms with Crippen LogP contribution in [0, 0.1) is 0 Å². The van der Waals surface area contributed by atoms with E-state index in [1.807, 2.05) is 0 Å². The summed E-state index contributed by atoms with van der Waals surface area (Å²) in [5.74, 6) is 0. The topological polar surface area (TPSA) is 81.5 Å². The molecule has 1 aliphatic heterocycles. The van der Waals surface area contributed by atoms with Crippen molar-refractivity contribution in [1.82, 2.24) is 0 Å². The molecule has 1 fully saturated rings. The second-order valence-electron chi connectivity index (χ2n) is 2.67. The van der Waals surface area contributed by atoms with E-state index in [2.05, 4.69) is 0 Å². The van der Waals surface area contributed by atoms with Gasteiger partial charge in [0.05, 0.1) is 18.8 Å². The summed E-state index contributed by atoms with van der Waals surface area (Å²) in [6.45, 7) is 0.882. The third-order valence-electron chi connectivity index (χ3n) is 1.73. The monoisotopic (exact) mass is 146 g/mol. The number of ether oxygens (including phenoxy) is 1. The zero-order valence-electron chi connectivity index (χ0n) is 5.86. The van der Waals surface area contributed by atoms with Crippen LogP contribution in [0.15, 0.2) is 0 Å². The summed E-state index contributed by atoms with van der Waals surface area (Å²) in [5.41, 5.74) is 10.8. The van der Waals surface area contributed by atoms with Crippen molar-refractivity contribution in [3.8, 4) is 0 Å². The number of nitrogens with two attached hydrogens (primary N) is 2. The summed E-state index contributed by atoms with van der Waals surface area (Å²) in [6, 6.07) is -0.0298. The molecular formula is C6H14N2O2. The molecule has 0 spiro atoms. The van der Waals surface area contributed by atoms with E-state index in [1.54, 1.807) is 0 Å². The average Bonchev–Trinajstić information content (AvgIpc) is 1.88. The van der Waals surface area contributed by atoms with Gasteiger partial charge in [-0.2, -0.15) is 0 Å². The fraction of sp³-hybridized carbons (Fsp3) is 1.00. The van der Waals surface area contributed by atoms with Crippen LogP contribution in [-0.4, -0.2) is 36.5 Å². The van der Waals surface area contributed by atoms with E-state index in [9.17, 15) is 5.11 Å². The van der Waals surface area contributed by atoms with Crippen molar-refractivity contribution in [2.75, 3.05) is 13.2 Å². The molecule has 60 valence electrons. The maximum atomic E-state index is 9.25. The van der Waals surface area contributed by atoms with E-state index >= 15 is 0 Å². The number of hydrogen-bond donors (Lipinski definition) is 3. The van der Waals surface area contributed by atoms with Crippen LogP contribution in [0.25, 0.3) is 0 Å². The van der Waals surface area contributed by atoms with E-state index in [1.165, 1.54) is 0 Å². The maximum Gasteiger partial charge on any atom is 0.0957 e. The Morgan fingerprint density at radius 2 is 2.30 bits per heavy atom. The minimum Gasteiger partial charge on any atom is -0.390 e. The van der Waals surface area contributed by atoms with E-state index < -0.39 is 6.10 Å². The molecule has 0 aromatic heterocycles. The Morgan fingerprint density at radius 1 is 1.60 bits per heavy atom. The van der Waals surface area contributed by atoms with E-state index in [0.717, 1.165) is 0 Å². The van der Waals surface area contributed by atoms with E-state index in [0.29, 0.717) is 19.6 Å². The molecular weight excluding hydrogens is 132 g/mol. The lowest BCUT2D eigenvalue weighted by Crippen LogP contribution is -2.47. The van der Waals surface area contributed by atoms with Crippen LogP contribution >= 0.6 is 0 Å². The van der Waals surface area contributed by atoms with Gasteiger partial charge in [-0.15, -0.1) is 0 Å². The first kappa shape index (κ1) is 7.94. The minimum atomic E-state index is -0.478. The fourth-order valence-electron chi connectivity index (χ4n) is 1.11. The van der Waals surface area contributed by atoms with Gasteiger partial charge in [-0.3, -0.25) is 0 Å². The van der Waals surface area contributed by atoms with Crippen LogP contribution in [0.4, 0.5) is 0 Å². The first-order valence-corrected chi connectivity index (χ1v) is 3.49. The highest BCUT2D eigenvalue weighted by molar-refractivity contribution is 4.80. The van der Waals surface area contributed by atoms with Gasteiger partial charge in [0.15, 0.2) is 0 Å². The van der Waals surface area contributed by atoms with Crippen LogP contribution in [0.2, 0.25) is 0 Å². The predicted molar refractivity (Wildman–Crippen MR) is 37.4 cm³/mol. The van der Waals surface area contributed by atoms with Gasteiger partial charge in [0.1, 0.15) is 0 Å². The summed E-state index contributed by atoms with van der Waals surface area (Å²) in [5, 5.41) is 9.25. The second-order valence-corrected chi connectivity index (χ2v) is 2.67. The van der Waals surface area contributed by atoms with Gasteiger partial charge >= 0.3 is 0 Å². The summed E-state index contributed by atoms with van der Waals surface area (Å²) in [7, 11) is 0. The van der Waals surface area contributed by atoms with Crippen LogP contribution in [-0.2, 0) is 4.74 Å². The summed E-state index contributed by atoms with van der Waals surface area (Å²) in [6.07, 6.45) is -0.0875. The molecule has 1 heterocycles. The Balaban J connectivity index is 2.36. The summed E-state index contributed by atoms with van der Waals surface area (Å²) < 4.78 is 5.15. The Hall–Kier alpha value is -0.160. The SMILES string of the molecule is NCC1OCC(N)CC1O. The molecule has 1 rings (SSSR count). The highest BCUT2D eigenvalue weighted by Crippen LogP contribution is 2.11. The molecule has 3 unspecified atom stereocenters. The van der Waals surface area contributed by atoms with Crippen molar-refractivity contribution in [3.05, 3.63) is 0 Å². The molecule has 0 bridgehead atoms. The Labute approximate surface area is 60.1 Å². The average molecular weight is 146 g/mol. The van der Waals surface area contributed by atoms with Crippen LogP contribution < -0.4 is 11.5 Å². The molecule has 0 amide bonds. The molecule has 10 heavy (non-hydrogen) atoms. The number of rotatable bonds is 1. The zero-order chi connectivity index (χ0) is 7.56. The summed E-state index contributed by atoms with van der Waals surface area (Å²) >= 11 is 0. The minimum absolute atomic E-state index is 0.0298. The fourth-order valence-corrected chi connectivity index (χ4v) is 1.11. The van der Waals surface area contributed by atoms with Gasteiger partial charge in [-0.1, -0.05) is 0 Å². The van der Waals surface area contributed by atoms with E-state index in [4.69, 9.17) is 16.2 Å². The van der Waals surface area contributed by atoms with Crippen molar-refractivity contribution in [2.45, 2.75) is 24.7 Å². The standard InChI is InChI=1S/C6H14N2O2/c7-2-6-5(9)1-4(8)3-10-6/h4-6,9H,1-3,7-8H2. The Morgan fingerprint density at radius 3 is 2.80 bits per heavy atom. The third-order valence-corrected chi connectivity index (χ3v) is 1.73. The zero-order valence-corrected chi connectivity index (χ0v) is 5.86. The molecule has 4 nitrogen and oxygen atoms in total. The van der Waals surface area contributed by atoms with Crippen molar-refractivity contribution in [3.63, 3.8) is 0 Å². The number of aliphatic hydroxyl groups is 1. The molecule has 0 saturated carbocycles. The number of hydrogen-bond acceptors (Lipinski definition) is 4. The molecule has 0 radical (unpaired) electrons. The predicted octanol–water partition coefficient (Wildman–Crippen LogP) is -1.58. The Kier molecular flexibility index (Phi) is 2.62. The molecule has 0 aromatic carbocycles. The van der Waals surface area contributed by atoms with Crippen molar-refractivity contribution >= 4 is 0 Å². The van der Waals surface area contributed by atoms with Crippen LogP contribution in [0.3, 0.4) is 0 Å². The molecule has 1 aliphatic rings. The molecule has 1 saturated heterocycles. The van der Waals surface area contributed by atoms with Crippen molar-refractivity contribution in [2.24, 2.45) is 11.5 Å². The third kappa shape index (κ3) is 1.67. The lowest BCUT2D eigenvalue weighted by Gasteiger charge is -2.30. The molecule has 4 heteroatoms. The Bertz CT molecular complexity index is 110. The van der Waals surface area contributed by atoms with Gasteiger partial charge in [0, 0.05) is 12.6 Å². The van der Waals surface area contributed by atoms with Gasteiger partial charge in [0.25, 0.3) is 0 Å². The van der Waals surface area contributed by atoms with Crippen molar-refractivity contribution in [1.29, 1.82) is 0 Å². The summed E-state index contributed by atoms with van der Waals surface area (Å²) in [4.78, 5) is 0. The second kappa shape index (κ2) is 3.30. The van der Waals surface area contributed by atoms with Gasteiger partial charge < -0.3 is 21.3 Å². The van der Waals surface area contributed by atoms with Crippen LogP contribution in [0.1, 0.15) is 6.42 Å².